The van der Waals surface area contributed by atoms with Gasteiger partial charge in [0.15, 0.2) is 5.82 Å². The minimum absolute atomic E-state index is 0.124. The minimum Gasteiger partial charge on any atom is -0.308 e. The van der Waals surface area contributed by atoms with E-state index in [2.05, 4.69) is 27.8 Å². The first-order valence-electron chi connectivity index (χ1n) is 8.98. The van der Waals surface area contributed by atoms with Crippen LogP contribution in [0.1, 0.15) is 41.9 Å². The van der Waals surface area contributed by atoms with Crippen molar-refractivity contribution >= 4 is 23.3 Å². The normalized spacial score (nSPS) is 14.9. The molecule has 1 atom stereocenters. The summed E-state index contributed by atoms with van der Waals surface area (Å²) in [6, 6.07) is 8.14. The Hall–Kier alpha value is -2.67. The van der Waals surface area contributed by atoms with Crippen LogP contribution in [0.15, 0.2) is 24.3 Å². The molecule has 0 spiro atoms. The first kappa shape index (κ1) is 18.1. The molecule has 7 nitrogen and oxygen atoms in total. The average Bonchev–Trinajstić information content (AvgIpc) is 3.04. The van der Waals surface area contributed by atoms with Crippen molar-refractivity contribution in [3.8, 4) is 0 Å². The number of aromatic nitrogens is 2. The fourth-order valence-electron chi connectivity index (χ4n) is 2.91. The molecule has 26 heavy (non-hydrogen) atoms. The summed E-state index contributed by atoms with van der Waals surface area (Å²) < 4.78 is 0. The van der Waals surface area contributed by atoms with Crippen LogP contribution in [0.4, 0.5) is 11.5 Å². The molecule has 2 heterocycles. The molecular formula is C19H25N5O2. The van der Waals surface area contributed by atoms with E-state index >= 15 is 0 Å². The number of aryl methyl sites for hydroxylation is 1. The molecule has 2 amide bonds. The van der Waals surface area contributed by atoms with E-state index in [4.69, 9.17) is 0 Å². The zero-order chi connectivity index (χ0) is 18.7. The Bertz CT molecular complexity index is 797. The van der Waals surface area contributed by atoms with Crippen molar-refractivity contribution in [3.05, 3.63) is 41.1 Å². The van der Waals surface area contributed by atoms with Gasteiger partial charge in [0, 0.05) is 23.8 Å². The number of rotatable bonds is 6. The van der Waals surface area contributed by atoms with Crippen molar-refractivity contribution in [2.75, 3.05) is 23.3 Å². The number of nitrogens with one attached hydrogen (secondary N) is 3. The van der Waals surface area contributed by atoms with Gasteiger partial charge in [-0.25, -0.2) is 0 Å². The Balaban J connectivity index is 1.70. The second-order valence-electron chi connectivity index (χ2n) is 6.71. The lowest BCUT2D eigenvalue weighted by atomic mass is 10.0. The highest BCUT2D eigenvalue weighted by Crippen LogP contribution is 2.27. The van der Waals surface area contributed by atoms with Crippen molar-refractivity contribution in [1.82, 2.24) is 15.5 Å². The lowest BCUT2D eigenvalue weighted by Gasteiger charge is -2.26. The summed E-state index contributed by atoms with van der Waals surface area (Å²) in [5.41, 5.74) is 3.23. The standard InChI is InChI=1S/C19H25N5O2/c1-4-13(3)20-11-16(25)21-18-15-9-10-24(19(26)17(15)22-23-18)14-7-5-12(2)6-8-14/h5-8,13,20H,4,9-11H2,1-3H3,(H2,21,22,23,25). The zero-order valence-corrected chi connectivity index (χ0v) is 15.4. The number of fused-ring (bicyclic) bond motifs is 1. The molecular weight excluding hydrogens is 330 g/mol. The van der Waals surface area contributed by atoms with Gasteiger partial charge >= 0.3 is 0 Å². The first-order chi connectivity index (χ1) is 12.5. The van der Waals surface area contributed by atoms with Gasteiger partial charge in [0.2, 0.25) is 5.91 Å². The summed E-state index contributed by atoms with van der Waals surface area (Å²) in [5, 5.41) is 12.9. The van der Waals surface area contributed by atoms with Crippen LogP contribution in [0.5, 0.6) is 0 Å². The van der Waals surface area contributed by atoms with Gasteiger partial charge < -0.3 is 15.5 Å². The monoisotopic (exact) mass is 355 g/mol. The molecule has 7 heteroatoms. The highest BCUT2D eigenvalue weighted by atomic mass is 16.2. The van der Waals surface area contributed by atoms with E-state index in [0.717, 1.165) is 23.2 Å². The van der Waals surface area contributed by atoms with Gasteiger partial charge in [0.25, 0.3) is 5.91 Å². The van der Waals surface area contributed by atoms with Crippen molar-refractivity contribution in [1.29, 1.82) is 0 Å². The molecule has 1 aliphatic rings. The molecule has 0 saturated carbocycles. The predicted octanol–water partition coefficient (Wildman–Crippen LogP) is 2.25. The minimum atomic E-state index is -0.159. The summed E-state index contributed by atoms with van der Waals surface area (Å²) in [6.45, 7) is 6.88. The highest BCUT2D eigenvalue weighted by molar-refractivity contribution is 6.08. The Kier molecular flexibility index (Phi) is 5.37. The predicted molar refractivity (Wildman–Crippen MR) is 102 cm³/mol. The van der Waals surface area contributed by atoms with E-state index in [0.29, 0.717) is 24.5 Å². The van der Waals surface area contributed by atoms with Crippen LogP contribution in [-0.2, 0) is 11.2 Å². The SMILES string of the molecule is CCC(C)NCC(=O)Nc1n[nH]c2c1CCN(c1ccc(C)cc1)C2=O. The van der Waals surface area contributed by atoms with Gasteiger partial charge in [-0.2, -0.15) is 5.10 Å². The highest BCUT2D eigenvalue weighted by Gasteiger charge is 2.30. The van der Waals surface area contributed by atoms with Crippen LogP contribution in [0.25, 0.3) is 0 Å². The van der Waals surface area contributed by atoms with E-state index in [1.165, 1.54) is 0 Å². The number of H-pyrrole nitrogens is 1. The van der Waals surface area contributed by atoms with E-state index in [1.54, 1.807) is 4.90 Å². The molecule has 1 aliphatic heterocycles. The van der Waals surface area contributed by atoms with Crippen LogP contribution < -0.4 is 15.5 Å². The molecule has 0 fully saturated rings. The van der Waals surface area contributed by atoms with Crippen LogP contribution >= 0.6 is 0 Å². The Morgan fingerprint density at radius 3 is 2.77 bits per heavy atom. The maximum Gasteiger partial charge on any atom is 0.276 e. The second-order valence-corrected chi connectivity index (χ2v) is 6.71. The topological polar surface area (TPSA) is 90.1 Å². The lowest BCUT2D eigenvalue weighted by Crippen LogP contribution is -2.38. The molecule has 0 aliphatic carbocycles. The molecule has 1 aromatic heterocycles. The summed E-state index contributed by atoms with van der Waals surface area (Å²) in [6.07, 6.45) is 1.59. The number of benzene rings is 1. The zero-order valence-electron chi connectivity index (χ0n) is 15.4. The van der Waals surface area contributed by atoms with Crippen molar-refractivity contribution in [2.45, 2.75) is 39.7 Å². The van der Waals surface area contributed by atoms with Gasteiger partial charge in [0.1, 0.15) is 5.69 Å². The smallest absolute Gasteiger partial charge is 0.276 e. The molecule has 0 radical (unpaired) electrons. The maximum atomic E-state index is 12.8. The number of anilines is 2. The number of hydrogen-bond acceptors (Lipinski definition) is 4. The third-order valence-electron chi connectivity index (χ3n) is 4.74. The number of aromatic amines is 1. The molecule has 0 bridgehead atoms. The quantitative estimate of drug-likeness (QED) is 0.741. The van der Waals surface area contributed by atoms with Gasteiger partial charge in [-0.3, -0.25) is 14.7 Å². The molecule has 0 saturated heterocycles. The lowest BCUT2D eigenvalue weighted by molar-refractivity contribution is -0.115. The van der Waals surface area contributed by atoms with Crippen LogP contribution in [-0.4, -0.2) is 41.1 Å². The van der Waals surface area contributed by atoms with Crippen molar-refractivity contribution in [2.24, 2.45) is 0 Å². The van der Waals surface area contributed by atoms with Gasteiger partial charge in [-0.15, -0.1) is 0 Å². The summed E-state index contributed by atoms with van der Waals surface area (Å²) in [5.74, 6) is 0.168. The van der Waals surface area contributed by atoms with E-state index in [-0.39, 0.29) is 24.4 Å². The number of hydrogen-bond donors (Lipinski definition) is 3. The largest absolute Gasteiger partial charge is 0.308 e. The second kappa shape index (κ2) is 7.70. The number of carbonyl (C=O) groups is 2. The summed E-state index contributed by atoms with van der Waals surface area (Å²) in [4.78, 5) is 26.6. The Morgan fingerprint density at radius 2 is 2.08 bits per heavy atom. The molecule has 2 aromatic rings. The van der Waals surface area contributed by atoms with Gasteiger partial charge in [-0.1, -0.05) is 24.6 Å². The van der Waals surface area contributed by atoms with E-state index in [1.807, 2.05) is 38.1 Å². The number of nitrogens with zero attached hydrogens (tertiary/aromatic N) is 2. The molecule has 3 N–H and O–H groups in total. The van der Waals surface area contributed by atoms with Gasteiger partial charge in [0.05, 0.1) is 6.54 Å². The summed E-state index contributed by atoms with van der Waals surface area (Å²) >= 11 is 0. The third kappa shape index (κ3) is 3.77. The van der Waals surface area contributed by atoms with Crippen LogP contribution in [0, 0.1) is 6.92 Å². The molecule has 1 aromatic carbocycles. The number of carbonyl (C=O) groups excluding carboxylic acids is 2. The van der Waals surface area contributed by atoms with Gasteiger partial charge in [-0.05, 0) is 38.8 Å². The van der Waals surface area contributed by atoms with Crippen LogP contribution in [0.3, 0.4) is 0 Å². The Morgan fingerprint density at radius 1 is 1.35 bits per heavy atom. The maximum absolute atomic E-state index is 12.8. The molecule has 1 unspecified atom stereocenters. The fraction of sp³-hybridized carbons (Fsp3) is 0.421. The average molecular weight is 355 g/mol. The third-order valence-corrected chi connectivity index (χ3v) is 4.74. The first-order valence-corrected chi connectivity index (χ1v) is 8.98. The van der Waals surface area contributed by atoms with Crippen molar-refractivity contribution < 1.29 is 9.59 Å². The molecule has 3 rings (SSSR count). The van der Waals surface area contributed by atoms with Crippen molar-refractivity contribution in [3.63, 3.8) is 0 Å². The number of amides is 2. The molecule has 138 valence electrons. The van der Waals surface area contributed by atoms with E-state index < -0.39 is 0 Å². The summed E-state index contributed by atoms with van der Waals surface area (Å²) in [7, 11) is 0. The Labute approximate surface area is 153 Å². The van der Waals surface area contributed by atoms with Crippen LogP contribution in [0.2, 0.25) is 0 Å². The fourth-order valence-corrected chi connectivity index (χ4v) is 2.91. The van der Waals surface area contributed by atoms with E-state index in [9.17, 15) is 9.59 Å².